The Morgan fingerprint density at radius 2 is 2.44 bits per heavy atom. The van der Waals surface area contributed by atoms with Gasteiger partial charge < -0.3 is 10.1 Å². The van der Waals surface area contributed by atoms with Gasteiger partial charge in [-0.3, -0.25) is 4.79 Å². The molecule has 1 amide bonds. The van der Waals surface area contributed by atoms with E-state index in [1.807, 2.05) is 0 Å². The second-order valence-electron chi connectivity index (χ2n) is 5.65. The number of halogens is 2. The van der Waals surface area contributed by atoms with Crippen molar-refractivity contribution in [2.45, 2.75) is 42.8 Å². The van der Waals surface area contributed by atoms with Crippen molar-refractivity contribution in [3.8, 4) is 0 Å². The maximum absolute atomic E-state index is 13.8. The molecule has 2 aromatic rings. The van der Waals surface area contributed by atoms with E-state index in [1.54, 1.807) is 17.7 Å². The van der Waals surface area contributed by atoms with E-state index < -0.39 is 11.1 Å². The molecule has 1 N–H and O–H groups in total. The lowest BCUT2D eigenvalue weighted by atomic mass is 10.2. The van der Waals surface area contributed by atoms with Gasteiger partial charge in [0.25, 0.3) is 0 Å². The average Bonchev–Trinajstić information content (AvgIpc) is 3.23. The number of amides is 1. The Morgan fingerprint density at radius 1 is 1.60 bits per heavy atom. The minimum atomic E-state index is -0.497. The van der Waals surface area contributed by atoms with Crippen molar-refractivity contribution < 1.29 is 13.9 Å². The molecule has 134 valence electrons. The number of ether oxygens (including phenoxy) is 1. The number of rotatable bonds is 6. The molecule has 1 aromatic heterocycles. The van der Waals surface area contributed by atoms with E-state index in [1.165, 1.54) is 23.9 Å². The van der Waals surface area contributed by atoms with Gasteiger partial charge in [-0.1, -0.05) is 27.7 Å². The SMILES string of the molecule is CC(Sc1nnnn1CC1CCCO1)C(=O)Nc1ccc(Br)cc1F. The lowest BCUT2D eigenvalue weighted by molar-refractivity contribution is -0.115. The minimum absolute atomic E-state index is 0.101. The number of aromatic nitrogens is 4. The molecule has 2 unspecified atom stereocenters. The van der Waals surface area contributed by atoms with Crippen molar-refractivity contribution in [1.82, 2.24) is 20.2 Å². The Balaban J connectivity index is 1.60. The summed E-state index contributed by atoms with van der Waals surface area (Å²) in [5, 5.41) is 14.2. The van der Waals surface area contributed by atoms with E-state index in [0.29, 0.717) is 16.2 Å². The summed E-state index contributed by atoms with van der Waals surface area (Å²) in [6, 6.07) is 4.48. The highest BCUT2D eigenvalue weighted by Crippen LogP contribution is 2.24. The maximum Gasteiger partial charge on any atom is 0.237 e. The summed E-state index contributed by atoms with van der Waals surface area (Å²) in [6.07, 6.45) is 2.11. The standard InChI is InChI=1S/C15H17BrFN5O2S/c1-9(14(23)18-13-5-4-10(16)7-12(13)17)25-15-19-20-21-22(15)8-11-3-2-6-24-11/h4-5,7,9,11H,2-3,6,8H2,1H3,(H,18,23). The highest BCUT2D eigenvalue weighted by molar-refractivity contribution is 9.10. The molecule has 0 bridgehead atoms. The van der Waals surface area contributed by atoms with Crippen LogP contribution in [-0.2, 0) is 16.1 Å². The molecule has 10 heteroatoms. The summed E-state index contributed by atoms with van der Waals surface area (Å²) in [5.41, 5.74) is 0.139. The fourth-order valence-corrected chi connectivity index (χ4v) is 3.55. The summed E-state index contributed by atoms with van der Waals surface area (Å²) in [5.74, 6) is -0.818. The van der Waals surface area contributed by atoms with Gasteiger partial charge in [-0.25, -0.2) is 9.07 Å². The molecule has 2 atom stereocenters. The van der Waals surface area contributed by atoms with Crippen molar-refractivity contribution >= 4 is 39.3 Å². The summed E-state index contributed by atoms with van der Waals surface area (Å²) in [7, 11) is 0. The topological polar surface area (TPSA) is 81.9 Å². The molecule has 1 aromatic carbocycles. The smallest absolute Gasteiger partial charge is 0.237 e. The molecular formula is C15H17BrFN5O2S. The molecule has 2 heterocycles. The second kappa shape index (κ2) is 8.24. The Labute approximate surface area is 156 Å². The molecule has 1 aliphatic rings. The van der Waals surface area contributed by atoms with Crippen LogP contribution in [-0.4, -0.2) is 44.1 Å². The van der Waals surface area contributed by atoms with Gasteiger partial charge in [0.1, 0.15) is 5.82 Å². The van der Waals surface area contributed by atoms with Crippen molar-refractivity contribution in [3.63, 3.8) is 0 Å². The van der Waals surface area contributed by atoms with Gasteiger partial charge in [-0.05, 0) is 48.4 Å². The number of carbonyl (C=O) groups excluding carboxylic acids is 1. The van der Waals surface area contributed by atoms with E-state index in [-0.39, 0.29) is 17.7 Å². The van der Waals surface area contributed by atoms with Crippen molar-refractivity contribution in [2.75, 3.05) is 11.9 Å². The number of hydrogen-bond acceptors (Lipinski definition) is 6. The Morgan fingerprint density at radius 3 is 3.16 bits per heavy atom. The van der Waals surface area contributed by atoms with Gasteiger partial charge >= 0.3 is 0 Å². The number of nitrogens with zero attached hydrogens (tertiary/aromatic N) is 4. The van der Waals surface area contributed by atoms with Crippen LogP contribution in [0, 0.1) is 5.82 Å². The van der Waals surface area contributed by atoms with Gasteiger partial charge in [-0.15, -0.1) is 5.10 Å². The molecule has 1 fully saturated rings. The summed E-state index contributed by atoms with van der Waals surface area (Å²) < 4.78 is 21.7. The van der Waals surface area contributed by atoms with Crippen LogP contribution in [0.2, 0.25) is 0 Å². The highest BCUT2D eigenvalue weighted by atomic mass is 79.9. The van der Waals surface area contributed by atoms with Crippen LogP contribution in [0.3, 0.4) is 0 Å². The van der Waals surface area contributed by atoms with Gasteiger partial charge in [-0.2, -0.15) is 0 Å². The third-order valence-corrected chi connectivity index (χ3v) is 5.30. The normalized spacial score (nSPS) is 18.3. The zero-order valence-corrected chi connectivity index (χ0v) is 15.9. The molecule has 0 aliphatic carbocycles. The van der Waals surface area contributed by atoms with Crippen LogP contribution in [0.25, 0.3) is 0 Å². The average molecular weight is 430 g/mol. The third kappa shape index (κ3) is 4.77. The van der Waals surface area contributed by atoms with E-state index >= 15 is 0 Å². The van der Waals surface area contributed by atoms with E-state index in [2.05, 4.69) is 36.8 Å². The van der Waals surface area contributed by atoms with Crippen LogP contribution >= 0.6 is 27.7 Å². The fourth-order valence-electron chi connectivity index (χ4n) is 2.41. The predicted molar refractivity (Wildman–Crippen MR) is 94.8 cm³/mol. The first-order chi connectivity index (χ1) is 12.0. The largest absolute Gasteiger partial charge is 0.376 e. The van der Waals surface area contributed by atoms with Gasteiger partial charge in [0.2, 0.25) is 11.1 Å². The van der Waals surface area contributed by atoms with Gasteiger partial charge in [0.15, 0.2) is 0 Å². The summed E-state index contributed by atoms with van der Waals surface area (Å²) in [6.45, 7) is 3.04. The molecular weight excluding hydrogens is 413 g/mol. The van der Waals surface area contributed by atoms with E-state index in [4.69, 9.17) is 4.74 Å². The van der Waals surface area contributed by atoms with E-state index in [0.717, 1.165) is 19.4 Å². The van der Waals surface area contributed by atoms with Crippen LogP contribution in [0.15, 0.2) is 27.8 Å². The van der Waals surface area contributed by atoms with Crippen LogP contribution in [0.1, 0.15) is 19.8 Å². The third-order valence-electron chi connectivity index (χ3n) is 3.74. The van der Waals surface area contributed by atoms with E-state index in [9.17, 15) is 9.18 Å². The molecule has 1 aliphatic heterocycles. The number of anilines is 1. The zero-order valence-electron chi connectivity index (χ0n) is 13.5. The van der Waals surface area contributed by atoms with Crippen molar-refractivity contribution in [1.29, 1.82) is 0 Å². The first-order valence-electron chi connectivity index (χ1n) is 7.83. The lowest BCUT2D eigenvalue weighted by Crippen LogP contribution is -2.24. The predicted octanol–water partition coefficient (Wildman–Crippen LogP) is 2.87. The molecule has 7 nitrogen and oxygen atoms in total. The number of hydrogen-bond donors (Lipinski definition) is 1. The number of thioether (sulfide) groups is 1. The summed E-state index contributed by atoms with van der Waals surface area (Å²) >= 11 is 4.41. The van der Waals surface area contributed by atoms with Crippen molar-refractivity contribution in [3.05, 3.63) is 28.5 Å². The van der Waals surface area contributed by atoms with Gasteiger partial charge in [0.05, 0.1) is 23.6 Å². The van der Waals surface area contributed by atoms with Crippen LogP contribution in [0.4, 0.5) is 10.1 Å². The van der Waals surface area contributed by atoms with Crippen LogP contribution < -0.4 is 5.32 Å². The number of nitrogens with one attached hydrogen (secondary N) is 1. The first-order valence-corrected chi connectivity index (χ1v) is 9.50. The fraction of sp³-hybridized carbons (Fsp3) is 0.467. The molecule has 25 heavy (non-hydrogen) atoms. The number of benzene rings is 1. The molecule has 0 saturated carbocycles. The quantitative estimate of drug-likeness (QED) is 0.710. The Kier molecular flexibility index (Phi) is 6.02. The molecule has 1 saturated heterocycles. The summed E-state index contributed by atoms with van der Waals surface area (Å²) in [4.78, 5) is 12.3. The Bertz CT molecular complexity index is 753. The monoisotopic (exact) mass is 429 g/mol. The van der Waals surface area contributed by atoms with Gasteiger partial charge in [0, 0.05) is 11.1 Å². The van der Waals surface area contributed by atoms with Crippen molar-refractivity contribution in [2.24, 2.45) is 0 Å². The highest BCUT2D eigenvalue weighted by Gasteiger charge is 2.22. The maximum atomic E-state index is 13.8. The Hall–Kier alpha value is -1.52. The number of tetrazole rings is 1. The lowest BCUT2D eigenvalue weighted by Gasteiger charge is -2.13. The van der Waals surface area contributed by atoms with Crippen LogP contribution in [0.5, 0.6) is 0 Å². The minimum Gasteiger partial charge on any atom is -0.376 e. The number of carbonyl (C=O) groups is 1. The molecule has 0 radical (unpaired) electrons. The zero-order chi connectivity index (χ0) is 17.8. The first kappa shape index (κ1) is 18.3. The second-order valence-corrected chi connectivity index (χ2v) is 7.88. The molecule has 0 spiro atoms. The molecule has 3 rings (SSSR count).